The van der Waals surface area contributed by atoms with E-state index in [2.05, 4.69) is 19.9 Å². The highest BCUT2D eigenvalue weighted by Gasteiger charge is 2.33. The maximum atomic E-state index is 13.1. The molecule has 184 valence electrons. The zero-order valence-electron chi connectivity index (χ0n) is 18.6. The van der Waals surface area contributed by atoms with E-state index < -0.39 is 16.8 Å². The number of alkyl halides is 3. The molecule has 0 amide bonds. The lowest BCUT2D eigenvalue weighted by molar-refractivity contribution is -0.137. The third-order valence-electron chi connectivity index (χ3n) is 5.23. The van der Waals surface area contributed by atoms with Gasteiger partial charge in [0.25, 0.3) is 0 Å². The number of imidazole rings is 1. The molecule has 0 bridgehead atoms. The van der Waals surface area contributed by atoms with Crippen molar-refractivity contribution in [3.63, 3.8) is 0 Å². The van der Waals surface area contributed by atoms with Crippen molar-refractivity contribution in [3.05, 3.63) is 95.3 Å². The van der Waals surface area contributed by atoms with E-state index in [0.717, 1.165) is 23.4 Å². The molecule has 0 aliphatic heterocycles. The van der Waals surface area contributed by atoms with Crippen molar-refractivity contribution in [2.75, 3.05) is 0 Å². The average Bonchev–Trinajstić information content (AvgIpc) is 3.32. The van der Waals surface area contributed by atoms with E-state index in [1.807, 2.05) is 6.07 Å². The van der Waals surface area contributed by atoms with Crippen LogP contribution in [0.3, 0.4) is 0 Å². The van der Waals surface area contributed by atoms with Crippen molar-refractivity contribution in [2.24, 2.45) is 0 Å². The molecule has 37 heavy (non-hydrogen) atoms. The van der Waals surface area contributed by atoms with Gasteiger partial charge in [-0.1, -0.05) is 17.7 Å². The summed E-state index contributed by atoms with van der Waals surface area (Å²) in [6.45, 7) is 0.0807. The summed E-state index contributed by atoms with van der Waals surface area (Å²) >= 11 is 5.65. The van der Waals surface area contributed by atoms with Gasteiger partial charge in [-0.15, -0.1) is 0 Å². The summed E-state index contributed by atoms with van der Waals surface area (Å²) < 4.78 is 52.5. The summed E-state index contributed by atoms with van der Waals surface area (Å²) in [4.78, 5) is 16.7. The van der Waals surface area contributed by atoms with Gasteiger partial charge in [0.2, 0.25) is 11.7 Å². The largest absolute Gasteiger partial charge is 0.473 e. The number of hydrogen-bond acceptors (Lipinski definition) is 7. The highest BCUT2D eigenvalue weighted by Crippen LogP contribution is 2.38. The van der Waals surface area contributed by atoms with E-state index in [1.165, 1.54) is 24.5 Å². The van der Waals surface area contributed by atoms with E-state index in [-0.39, 0.29) is 23.7 Å². The minimum Gasteiger partial charge on any atom is -0.473 e. The number of rotatable bonds is 6. The fourth-order valence-electron chi connectivity index (χ4n) is 3.49. The normalized spacial score (nSPS) is 11.3. The quantitative estimate of drug-likeness (QED) is 0.265. The number of aromatic nitrogens is 5. The summed E-state index contributed by atoms with van der Waals surface area (Å²) in [7, 11) is 0. The molecule has 0 atom stereocenters. The molecule has 2 aromatic carbocycles. The lowest BCUT2D eigenvalue weighted by Crippen LogP contribution is -2.06. The summed E-state index contributed by atoms with van der Waals surface area (Å²) in [5.41, 5.74) is 1.28. The smallest absolute Gasteiger partial charge is 0.417 e. The Morgan fingerprint density at radius 1 is 1.03 bits per heavy atom. The molecule has 0 aliphatic carbocycles. The Morgan fingerprint density at radius 3 is 2.59 bits per heavy atom. The zero-order valence-corrected chi connectivity index (χ0v) is 19.4. The van der Waals surface area contributed by atoms with Gasteiger partial charge in [-0.25, -0.2) is 15.0 Å². The monoisotopic (exact) mass is 522 g/mol. The molecule has 12 heteroatoms. The zero-order chi connectivity index (χ0) is 26.0. The van der Waals surface area contributed by atoms with Crippen LogP contribution in [0.25, 0.3) is 17.0 Å². The first-order valence-electron chi connectivity index (χ1n) is 10.6. The van der Waals surface area contributed by atoms with Crippen molar-refractivity contribution in [1.29, 1.82) is 5.26 Å². The molecule has 8 nitrogen and oxygen atoms in total. The fourth-order valence-corrected chi connectivity index (χ4v) is 3.72. The van der Waals surface area contributed by atoms with E-state index in [1.54, 1.807) is 41.3 Å². The van der Waals surface area contributed by atoms with Gasteiger partial charge < -0.3 is 9.47 Å². The Labute approximate surface area is 212 Å². The van der Waals surface area contributed by atoms with Crippen LogP contribution in [0.15, 0.2) is 73.6 Å². The second-order valence-corrected chi connectivity index (χ2v) is 8.09. The molecule has 3 aromatic heterocycles. The molecule has 0 saturated carbocycles. The molecule has 0 unspecified atom stereocenters. The summed E-state index contributed by atoms with van der Waals surface area (Å²) in [6.07, 6.45) is 3.55. The van der Waals surface area contributed by atoms with Crippen LogP contribution in [0.5, 0.6) is 17.4 Å². The minimum absolute atomic E-state index is 0.0807. The number of hydrogen-bond donors (Lipinski definition) is 0. The third-order valence-corrected chi connectivity index (χ3v) is 5.56. The number of nitriles is 1. The highest BCUT2D eigenvalue weighted by molar-refractivity contribution is 6.31. The van der Waals surface area contributed by atoms with Crippen LogP contribution in [0, 0.1) is 11.3 Å². The van der Waals surface area contributed by atoms with Gasteiger partial charge in [0.15, 0.2) is 0 Å². The van der Waals surface area contributed by atoms with E-state index >= 15 is 0 Å². The number of halogens is 4. The molecular weight excluding hydrogens is 509 g/mol. The number of benzene rings is 2. The molecule has 0 saturated heterocycles. The van der Waals surface area contributed by atoms with Crippen LogP contribution in [0.2, 0.25) is 5.02 Å². The van der Waals surface area contributed by atoms with Crippen LogP contribution in [0.4, 0.5) is 13.2 Å². The first-order valence-corrected chi connectivity index (χ1v) is 11.0. The van der Waals surface area contributed by atoms with Crippen LogP contribution in [-0.4, -0.2) is 24.3 Å². The maximum absolute atomic E-state index is 13.1. The summed E-state index contributed by atoms with van der Waals surface area (Å²) in [5, 5.41) is 9.10. The molecule has 3 heterocycles. The first kappa shape index (κ1) is 24.0. The second-order valence-electron chi connectivity index (χ2n) is 7.68. The average molecular weight is 523 g/mol. The summed E-state index contributed by atoms with van der Waals surface area (Å²) in [6, 6.07) is 11.5. The lowest BCUT2D eigenvalue weighted by Gasteiger charge is -2.13. The van der Waals surface area contributed by atoms with Gasteiger partial charge in [-0.05, 0) is 35.9 Å². The molecule has 5 rings (SSSR count). The fraction of sp³-hybridized carbons (Fsp3) is 0.0800. The Hall–Kier alpha value is -4.69. The Bertz CT molecular complexity index is 1630. The summed E-state index contributed by atoms with van der Waals surface area (Å²) in [5.74, 6) is 0.722. The van der Waals surface area contributed by atoms with Crippen LogP contribution >= 0.6 is 11.6 Å². The predicted octanol–water partition coefficient (Wildman–Crippen LogP) is 6.10. The van der Waals surface area contributed by atoms with E-state index in [0.29, 0.717) is 17.2 Å². The highest BCUT2D eigenvalue weighted by atomic mass is 35.5. The van der Waals surface area contributed by atoms with Crippen molar-refractivity contribution in [1.82, 2.24) is 24.3 Å². The Kier molecular flexibility index (Phi) is 6.33. The standard InChI is InChI=1S/C25H14ClF3N6O2/c26-20-3-2-18(8-19(20)25(27,28)29)37-22-4-1-15(7-16(22)9-30)13-36-23-5-6-35-21(12-33-24(35)34-23)17-10-31-14-32-11-17/h1-8,10-12,14H,13H2. The third kappa shape index (κ3) is 5.14. The van der Waals surface area contributed by atoms with Crippen LogP contribution in [0.1, 0.15) is 16.7 Å². The second kappa shape index (κ2) is 9.75. The molecule has 0 spiro atoms. The van der Waals surface area contributed by atoms with Gasteiger partial charge in [-0.3, -0.25) is 4.40 Å². The van der Waals surface area contributed by atoms with Crippen molar-refractivity contribution < 1.29 is 22.6 Å². The number of nitrogens with zero attached hydrogens (tertiary/aromatic N) is 6. The maximum Gasteiger partial charge on any atom is 0.417 e. The van der Waals surface area contributed by atoms with Crippen LogP contribution < -0.4 is 9.47 Å². The Morgan fingerprint density at radius 2 is 1.84 bits per heavy atom. The lowest BCUT2D eigenvalue weighted by atomic mass is 10.1. The SMILES string of the molecule is N#Cc1cc(COc2ccn3c(-c4cncnc4)cnc3n2)ccc1Oc1ccc(Cl)c(C(F)(F)F)c1. The molecule has 5 aromatic rings. The van der Waals surface area contributed by atoms with Crippen LogP contribution in [-0.2, 0) is 12.8 Å². The van der Waals surface area contributed by atoms with Crippen molar-refractivity contribution in [2.45, 2.75) is 12.8 Å². The number of ether oxygens (including phenoxy) is 2. The van der Waals surface area contributed by atoms with E-state index in [9.17, 15) is 18.4 Å². The topological polar surface area (TPSA) is 98.2 Å². The predicted molar refractivity (Wildman–Crippen MR) is 126 cm³/mol. The van der Waals surface area contributed by atoms with Crippen molar-refractivity contribution >= 4 is 17.4 Å². The molecule has 0 aliphatic rings. The molecular formula is C25H14ClF3N6O2. The van der Waals surface area contributed by atoms with Gasteiger partial charge in [-0.2, -0.15) is 23.4 Å². The first-order chi connectivity index (χ1) is 17.8. The van der Waals surface area contributed by atoms with Gasteiger partial charge in [0.05, 0.1) is 28.0 Å². The molecule has 0 fully saturated rings. The van der Waals surface area contributed by atoms with Gasteiger partial charge in [0, 0.05) is 30.2 Å². The van der Waals surface area contributed by atoms with E-state index in [4.69, 9.17) is 21.1 Å². The van der Waals surface area contributed by atoms with Crippen molar-refractivity contribution in [3.8, 4) is 34.7 Å². The Balaban J connectivity index is 1.31. The number of fused-ring (bicyclic) bond motifs is 1. The molecule has 0 radical (unpaired) electrons. The van der Waals surface area contributed by atoms with Gasteiger partial charge in [0.1, 0.15) is 30.5 Å². The minimum atomic E-state index is -4.64. The molecule has 0 N–H and O–H groups in total. The van der Waals surface area contributed by atoms with Gasteiger partial charge >= 0.3 is 6.18 Å².